The molecule has 11 N–H and O–H groups in total. The Morgan fingerprint density at radius 2 is 1.30 bits per heavy atom. The molecule has 2 aliphatic rings. The van der Waals surface area contributed by atoms with Gasteiger partial charge in [0.2, 0.25) is 0 Å². The van der Waals surface area contributed by atoms with Crippen molar-refractivity contribution in [1.82, 2.24) is 31.5 Å². The fourth-order valence-electron chi connectivity index (χ4n) is 5.90. The Hall–Kier alpha value is -2.61. The molecule has 0 spiro atoms. The summed E-state index contributed by atoms with van der Waals surface area (Å²) in [6, 6.07) is 10.3. The first-order valence-corrected chi connectivity index (χ1v) is 20.7. The summed E-state index contributed by atoms with van der Waals surface area (Å²) in [5.74, 6) is 3.83. The van der Waals surface area contributed by atoms with E-state index in [0.29, 0.717) is 12.4 Å². The van der Waals surface area contributed by atoms with Crippen LogP contribution in [0.5, 0.6) is 0 Å². The first kappa shape index (κ1) is 55.7. The molecule has 0 bridgehead atoms. The van der Waals surface area contributed by atoms with E-state index in [1.54, 1.807) is 14.0 Å². The average Bonchev–Trinajstić information content (AvgIpc) is 3.16. The van der Waals surface area contributed by atoms with Crippen molar-refractivity contribution in [3.05, 3.63) is 35.9 Å². The summed E-state index contributed by atoms with van der Waals surface area (Å²) in [7, 11) is 12.0. The number of likely N-dealkylation sites (tertiary alicyclic amines) is 1. The number of ketones is 1. The number of nitrogens with one attached hydrogen (secondary N) is 5. The number of amidine groups is 1. The Morgan fingerprint density at radius 3 is 1.74 bits per heavy atom. The van der Waals surface area contributed by atoms with E-state index in [2.05, 4.69) is 74.6 Å². The maximum Gasteiger partial charge on any atom is 0.185 e. The van der Waals surface area contributed by atoms with Gasteiger partial charge in [-0.3, -0.25) is 14.8 Å². The molecule has 1 aliphatic heterocycles. The number of nitrogens with zero attached hydrogens (tertiary/aromatic N) is 3. The van der Waals surface area contributed by atoms with Crippen molar-refractivity contribution in [1.29, 1.82) is 0 Å². The minimum atomic E-state index is -0.0748. The molecule has 0 aromatic heterocycles. The molecule has 1 aromatic carbocycles. The van der Waals surface area contributed by atoms with Gasteiger partial charge in [-0.1, -0.05) is 63.9 Å². The summed E-state index contributed by atoms with van der Waals surface area (Å²) in [5.41, 5.74) is 17.0. The molecule has 3 rings (SSSR count). The predicted octanol–water partition coefficient (Wildman–Crippen LogP) is 4.59. The van der Waals surface area contributed by atoms with Crippen LogP contribution in [0, 0.1) is 17.8 Å². The number of carbonyl (C=O) groups excluding carboxylic acids is 1. The van der Waals surface area contributed by atoms with E-state index in [1.165, 1.54) is 76.7 Å². The summed E-state index contributed by atoms with van der Waals surface area (Å²) in [6.45, 7) is 18.2. The lowest BCUT2D eigenvalue weighted by atomic mass is 9.83. The number of Topliss-reactive ketones (excluding diaryl/α,β-unsaturated/α-hetero) is 1. The highest BCUT2D eigenvalue weighted by Gasteiger charge is 2.17. The van der Waals surface area contributed by atoms with Crippen LogP contribution in [0.15, 0.2) is 40.3 Å². The van der Waals surface area contributed by atoms with Crippen molar-refractivity contribution in [3.63, 3.8) is 0 Å². The summed E-state index contributed by atoms with van der Waals surface area (Å²) in [5, 5.41) is 15.6. The zero-order chi connectivity index (χ0) is 41.4. The van der Waals surface area contributed by atoms with Crippen molar-refractivity contribution in [2.24, 2.45) is 44.9 Å². The van der Waals surface area contributed by atoms with Crippen molar-refractivity contribution >= 4 is 17.6 Å². The van der Waals surface area contributed by atoms with E-state index < -0.39 is 0 Å². The normalized spacial score (nSPS) is 17.5. The van der Waals surface area contributed by atoms with E-state index >= 15 is 0 Å². The lowest BCUT2D eigenvalue weighted by Crippen LogP contribution is -2.34. The molecule has 1 aliphatic carbocycles. The zero-order valence-corrected chi connectivity index (χ0v) is 36.9. The topological polar surface area (TPSA) is 183 Å². The largest absolute Gasteiger partial charge is 0.388 e. The van der Waals surface area contributed by atoms with Crippen molar-refractivity contribution in [2.45, 2.75) is 111 Å². The van der Waals surface area contributed by atoms with Crippen LogP contribution >= 0.6 is 0 Å². The second-order valence-corrected chi connectivity index (χ2v) is 14.2. The molecule has 2 fully saturated rings. The van der Waals surface area contributed by atoms with Crippen LogP contribution in [0.2, 0.25) is 0 Å². The van der Waals surface area contributed by atoms with Crippen LogP contribution in [0.25, 0.3) is 0 Å². The number of hydrogen-bond donors (Lipinski definition) is 8. The van der Waals surface area contributed by atoms with E-state index in [4.69, 9.17) is 17.2 Å². The third-order valence-electron chi connectivity index (χ3n) is 9.16. The Labute approximate surface area is 333 Å². The molecule has 1 saturated heterocycles. The number of rotatable bonds is 17. The number of unbranched alkanes of at least 4 members (excludes halogenated alkanes) is 1. The summed E-state index contributed by atoms with van der Waals surface area (Å²) < 4.78 is 0. The Morgan fingerprint density at radius 1 is 0.759 bits per heavy atom. The van der Waals surface area contributed by atoms with Gasteiger partial charge in [-0.15, -0.1) is 0 Å². The third-order valence-corrected chi connectivity index (χ3v) is 9.16. The highest BCUT2D eigenvalue weighted by atomic mass is 16.1. The van der Waals surface area contributed by atoms with Gasteiger partial charge in [-0.05, 0) is 164 Å². The first-order valence-electron chi connectivity index (χ1n) is 20.7. The highest BCUT2D eigenvalue weighted by Crippen LogP contribution is 2.27. The van der Waals surface area contributed by atoms with Gasteiger partial charge in [0.1, 0.15) is 5.78 Å². The van der Waals surface area contributed by atoms with Gasteiger partial charge < -0.3 is 48.7 Å². The number of aliphatic imine (C=N–C) groups is 2. The first-order chi connectivity index (χ1) is 25.9. The van der Waals surface area contributed by atoms with Crippen molar-refractivity contribution in [2.75, 3.05) is 88.1 Å². The number of guanidine groups is 1. The molecule has 54 heavy (non-hydrogen) atoms. The Balaban J connectivity index is -0.000000597. The van der Waals surface area contributed by atoms with Crippen molar-refractivity contribution in [3.8, 4) is 0 Å². The monoisotopic (exact) mass is 764 g/mol. The minimum Gasteiger partial charge on any atom is -0.388 e. The standard InChI is InChI=1S/C9H19N.C8H18N4O.C8H18N2.C8H11N.C7H17N3.C2H6/c1-8-3-5-9(6-4-8)7-10-2;1-6(13)7(11-2)4-3-5-12-8(9)10;1-9-7-8-3-5-10(2)6-4-8;1-9-7-8-5-3-2-4-6-8;1-7(8)10-6-4-3-5-9-2;1-2/h8-10H,3-7H2,1-2H3;7,11H,3-5H2,1-2H3,(H4,9,10,12);8-9H,3-7H2,1-2H3;2-6,9H,7H2,1H3;9H,3-6H2,1-2H3,(H2,8,10);1-2H3. The Kier molecular flexibility index (Phi) is 42.9. The maximum atomic E-state index is 11.0. The van der Waals surface area contributed by atoms with Gasteiger partial charge in [0.15, 0.2) is 5.96 Å². The second kappa shape index (κ2) is 41.6. The van der Waals surface area contributed by atoms with Crippen LogP contribution in [-0.4, -0.2) is 117 Å². The van der Waals surface area contributed by atoms with Crippen LogP contribution in [0.1, 0.15) is 104 Å². The van der Waals surface area contributed by atoms with E-state index in [0.717, 1.165) is 56.7 Å². The van der Waals surface area contributed by atoms with Gasteiger partial charge in [-0.2, -0.15) is 0 Å². The number of benzene rings is 1. The number of carbonyl (C=O) groups is 1. The van der Waals surface area contributed by atoms with Gasteiger partial charge in [-0.25, -0.2) is 0 Å². The maximum absolute atomic E-state index is 11.0. The van der Waals surface area contributed by atoms with Gasteiger partial charge >= 0.3 is 0 Å². The number of nitrogens with two attached hydrogens (primary N) is 3. The molecule has 1 heterocycles. The zero-order valence-electron chi connectivity index (χ0n) is 36.9. The minimum absolute atomic E-state index is 0.0748. The summed E-state index contributed by atoms with van der Waals surface area (Å²) in [6.07, 6.45) is 12.4. The molecule has 1 saturated carbocycles. The van der Waals surface area contributed by atoms with Gasteiger partial charge in [0.05, 0.1) is 11.9 Å². The van der Waals surface area contributed by atoms with Crippen LogP contribution in [0.4, 0.5) is 0 Å². The van der Waals surface area contributed by atoms with E-state index in [-0.39, 0.29) is 17.8 Å². The molecule has 1 aromatic rings. The number of piperidine rings is 1. The van der Waals surface area contributed by atoms with Crippen LogP contribution in [0.3, 0.4) is 0 Å². The predicted molar refractivity (Wildman–Crippen MR) is 239 cm³/mol. The quantitative estimate of drug-likeness (QED) is 0.0635. The highest BCUT2D eigenvalue weighted by molar-refractivity contribution is 5.81. The van der Waals surface area contributed by atoms with Crippen LogP contribution in [-0.2, 0) is 11.3 Å². The molecule has 1 atom stereocenters. The van der Waals surface area contributed by atoms with E-state index in [9.17, 15) is 4.79 Å². The fraction of sp³-hybridized carbons (Fsp3) is 0.786. The summed E-state index contributed by atoms with van der Waals surface area (Å²) in [4.78, 5) is 21.3. The number of likely N-dealkylation sites (N-methyl/N-ethyl adjacent to an activating group) is 1. The van der Waals surface area contributed by atoms with Crippen LogP contribution < -0.4 is 43.8 Å². The molecule has 12 nitrogen and oxygen atoms in total. The molecule has 12 heteroatoms. The molecule has 0 amide bonds. The van der Waals surface area contributed by atoms with Gasteiger partial charge in [0, 0.05) is 19.6 Å². The molecular formula is C42H89N11O. The average molecular weight is 764 g/mol. The summed E-state index contributed by atoms with van der Waals surface area (Å²) >= 11 is 0. The van der Waals surface area contributed by atoms with Crippen molar-refractivity contribution < 1.29 is 4.79 Å². The Bertz CT molecular complexity index is 946. The van der Waals surface area contributed by atoms with Gasteiger partial charge in [0.25, 0.3) is 0 Å². The van der Waals surface area contributed by atoms with E-state index in [1.807, 2.05) is 60.1 Å². The molecular weight excluding hydrogens is 675 g/mol. The third kappa shape index (κ3) is 39.1. The lowest BCUT2D eigenvalue weighted by molar-refractivity contribution is -0.119. The SMILES string of the molecule is CC.CNC(CCCN=C(N)N)C(C)=O.CNCC1CCC(C)CC1.CNCC1CCN(C)CC1.CNCCCCN=C(C)N.CNCc1ccccc1. The number of hydrogen-bond acceptors (Lipinski definition) is 9. The molecule has 0 radical (unpaired) electrons. The lowest BCUT2D eigenvalue weighted by Gasteiger charge is -2.28. The molecule has 318 valence electrons. The smallest absolute Gasteiger partial charge is 0.185 e. The molecule has 1 unspecified atom stereocenters. The fourth-order valence-corrected chi connectivity index (χ4v) is 5.90. The second-order valence-electron chi connectivity index (χ2n) is 14.2.